The summed E-state index contributed by atoms with van der Waals surface area (Å²) in [4.78, 5) is 29.3. The number of fused-ring (bicyclic) bond motifs is 1. The van der Waals surface area contributed by atoms with Crippen LogP contribution in [0, 0.1) is 0 Å². The lowest BCUT2D eigenvalue weighted by atomic mass is 10.1. The van der Waals surface area contributed by atoms with Gasteiger partial charge in [0, 0.05) is 35.9 Å². The molecule has 128 valence electrons. The minimum Gasteiger partial charge on any atom is -0.497 e. The van der Waals surface area contributed by atoms with E-state index in [1.807, 2.05) is 24.3 Å². The van der Waals surface area contributed by atoms with E-state index >= 15 is 0 Å². The summed E-state index contributed by atoms with van der Waals surface area (Å²) in [5, 5.41) is 3.60. The van der Waals surface area contributed by atoms with Crippen molar-refractivity contribution in [1.29, 1.82) is 0 Å². The zero-order valence-electron chi connectivity index (χ0n) is 14.1. The first-order valence-corrected chi connectivity index (χ1v) is 7.84. The first kappa shape index (κ1) is 16.6. The van der Waals surface area contributed by atoms with Crippen molar-refractivity contribution in [3.63, 3.8) is 0 Å². The van der Waals surface area contributed by atoms with Gasteiger partial charge in [-0.3, -0.25) is 9.59 Å². The average molecular weight is 337 g/mol. The number of benzene rings is 2. The molecule has 0 fully saturated rings. The molecule has 25 heavy (non-hydrogen) atoms. The van der Waals surface area contributed by atoms with Crippen molar-refractivity contribution < 1.29 is 14.3 Å². The van der Waals surface area contributed by atoms with Crippen LogP contribution in [0.2, 0.25) is 0 Å². The maximum absolute atomic E-state index is 12.6. The van der Waals surface area contributed by atoms with Crippen molar-refractivity contribution in [3.05, 3.63) is 60.3 Å². The van der Waals surface area contributed by atoms with Gasteiger partial charge in [0.05, 0.1) is 19.2 Å². The fourth-order valence-corrected chi connectivity index (χ4v) is 2.64. The van der Waals surface area contributed by atoms with E-state index in [-0.39, 0.29) is 18.4 Å². The number of aromatic amines is 1. The molecule has 0 saturated carbocycles. The van der Waals surface area contributed by atoms with Crippen molar-refractivity contribution in [2.45, 2.75) is 0 Å². The van der Waals surface area contributed by atoms with E-state index in [1.54, 1.807) is 44.6 Å². The molecular weight excluding hydrogens is 318 g/mol. The summed E-state index contributed by atoms with van der Waals surface area (Å²) in [6.45, 7) is -0.0461. The number of hydrogen-bond donors (Lipinski definition) is 2. The highest BCUT2D eigenvalue weighted by atomic mass is 16.5. The monoisotopic (exact) mass is 337 g/mol. The highest BCUT2D eigenvalue weighted by Crippen LogP contribution is 2.19. The number of amides is 2. The highest BCUT2D eigenvalue weighted by molar-refractivity contribution is 6.08. The van der Waals surface area contributed by atoms with Gasteiger partial charge in [-0.25, -0.2) is 0 Å². The molecule has 3 aromatic rings. The second-order valence-corrected chi connectivity index (χ2v) is 5.69. The number of H-pyrrole nitrogens is 1. The predicted octanol–water partition coefficient (Wildman–Crippen LogP) is 2.89. The van der Waals surface area contributed by atoms with Crippen LogP contribution in [0.4, 0.5) is 5.69 Å². The van der Waals surface area contributed by atoms with Gasteiger partial charge in [-0.2, -0.15) is 0 Å². The molecule has 2 N–H and O–H groups in total. The van der Waals surface area contributed by atoms with E-state index in [0.717, 1.165) is 10.9 Å². The molecule has 0 aliphatic rings. The number of hydrogen-bond acceptors (Lipinski definition) is 3. The number of carbonyl (C=O) groups is 2. The Kier molecular flexibility index (Phi) is 4.70. The van der Waals surface area contributed by atoms with E-state index in [9.17, 15) is 9.59 Å². The summed E-state index contributed by atoms with van der Waals surface area (Å²) in [5.74, 6) is 0.170. The molecule has 6 heteroatoms. The molecule has 0 atom stereocenters. The van der Waals surface area contributed by atoms with Gasteiger partial charge in [0.1, 0.15) is 5.75 Å². The molecule has 6 nitrogen and oxygen atoms in total. The predicted molar refractivity (Wildman–Crippen MR) is 96.9 cm³/mol. The van der Waals surface area contributed by atoms with Crippen LogP contribution in [0.3, 0.4) is 0 Å². The smallest absolute Gasteiger partial charge is 0.256 e. The zero-order valence-corrected chi connectivity index (χ0v) is 14.1. The number of aromatic nitrogens is 1. The number of anilines is 1. The van der Waals surface area contributed by atoms with Crippen LogP contribution in [0.15, 0.2) is 54.7 Å². The number of para-hydroxylation sites is 1. The molecule has 0 radical (unpaired) electrons. The largest absolute Gasteiger partial charge is 0.497 e. The summed E-state index contributed by atoms with van der Waals surface area (Å²) >= 11 is 0. The van der Waals surface area contributed by atoms with Crippen molar-refractivity contribution >= 4 is 28.4 Å². The average Bonchev–Trinajstić information content (AvgIpc) is 3.05. The first-order chi connectivity index (χ1) is 12.1. The molecule has 0 aliphatic carbocycles. The third-order valence-corrected chi connectivity index (χ3v) is 3.90. The van der Waals surface area contributed by atoms with Gasteiger partial charge < -0.3 is 19.9 Å². The van der Waals surface area contributed by atoms with Crippen molar-refractivity contribution in [2.75, 3.05) is 26.0 Å². The van der Waals surface area contributed by atoms with E-state index in [1.165, 1.54) is 4.90 Å². The Morgan fingerprint density at radius 3 is 2.76 bits per heavy atom. The Morgan fingerprint density at radius 2 is 1.96 bits per heavy atom. The minimum absolute atomic E-state index is 0.0461. The lowest BCUT2D eigenvalue weighted by Gasteiger charge is -2.16. The number of nitrogens with zero attached hydrogens (tertiary/aromatic N) is 1. The van der Waals surface area contributed by atoms with Gasteiger partial charge in [-0.1, -0.05) is 24.3 Å². The van der Waals surface area contributed by atoms with E-state index in [2.05, 4.69) is 10.3 Å². The molecule has 0 bridgehead atoms. The third kappa shape index (κ3) is 3.63. The Balaban J connectivity index is 1.67. The molecule has 0 unspecified atom stereocenters. The van der Waals surface area contributed by atoms with Gasteiger partial charge in [-0.15, -0.1) is 0 Å². The van der Waals surface area contributed by atoms with Gasteiger partial charge in [0.2, 0.25) is 5.91 Å². The molecule has 0 saturated heterocycles. The molecule has 2 aromatic carbocycles. The topological polar surface area (TPSA) is 74.4 Å². The van der Waals surface area contributed by atoms with Crippen LogP contribution in [0.25, 0.3) is 10.9 Å². The molecule has 3 rings (SSSR count). The SMILES string of the molecule is COc1cccc(NC(=O)CN(C)C(=O)c2c[nH]c3ccccc23)c1. The van der Waals surface area contributed by atoms with Gasteiger partial charge in [0.25, 0.3) is 5.91 Å². The number of likely N-dealkylation sites (N-methyl/N-ethyl adjacent to an activating group) is 1. The molecular formula is C19H19N3O3. The van der Waals surface area contributed by atoms with Crippen LogP contribution < -0.4 is 10.1 Å². The maximum Gasteiger partial charge on any atom is 0.256 e. The van der Waals surface area contributed by atoms with Gasteiger partial charge >= 0.3 is 0 Å². The molecule has 1 aromatic heterocycles. The molecule has 2 amide bonds. The Bertz CT molecular complexity index is 917. The Morgan fingerprint density at radius 1 is 1.16 bits per heavy atom. The van der Waals surface area contributed by atoms with Crippen LogP contribution in [-0.4, -0.2) is 42.4 Å². The van der Waals surface area contributed by atoms with E-state index in [4.69, 9.17) is 4.74 Å². The van der Waals surface area contributed by atoms with Crippen molar-refractivity contribution in [1.82, 2.24) is 9.88 Å². The van der Waals surface area contributed by atoms with Crippen molar-refractivity contribution in [3.8, 4) is 5.75 Å². The molecule has 1 heterocycles. The number of ether oxygens (including phenoxy) is 1. The number of carbonyl (C=O) groups excluding carboxylic acids is 2. The minimum atomic E-state index is -0.274. The quantitative estimate of drug-likeness (QED) is 0.752. The molecule has 0 spiro atoms. The summed E-state index contributed by atoms with van der Waals surface area (Å²) in [6.07, 6.45) is 1.67. The van der Waals surface area contributed by atoms with Gasteiger partial charge in [0.15, 0.2) is 0 Å². The Labute approximate surface area is 145 Å². The standard InChI is InChI=1S/C19H19N3O3/c1-22(12-18(23)21-13-6-5-7-14(10-13)25-2)19(24)16-11-20-17-9-4-3-8-15(16)17/h3-11,20H,12H2,1-2H3,(H,21,23). The summed E-state index contributed by atoms with van der Waals surface area (Å²) in [5.41, 5.74) is 2.06. The van der Waals surface area contributed by atoms with E-state index in [0.29, 0.717) is 17.0 Å². The van der Waals surface area contributed by atoms with Crippen molar-refractivity contribution in [2.24, 2.45) is 0 Å². The number of nitrogens with one attached hydrogen (secondary N) is 2. The fraction of sp³-hybridized carbons (Fsp3) is 0.158. The summed E-state index contributed by atoms with van der Waals surface area (Å²) in [7, 11) is 3.17. The van der Waals surface area contributed by atoms with E-state index < -0.39 is 0 Å². The third-order valence-electron chi connectivity index (χ3n) is 3.90. The highest BCUT2D eigenvalue weighted by Gasteiger charge is 2.18. The number of methoxy groups -OCH3 is 1. The molecule has 0 aliphatic heterocycles. The second-order valence-electron chi connectivity index (χ2n) is 5.69. The lowest BCUT2D eigenvalue weighted by molar-refractivity contribution is -0.116. The zero-order chi connectivity index (χ0) is 17.8. The Hall–Kier alpha value is -3.28. The summed E-state index contributed by atoms with van der Waals surface area (Å²) in [6, 6.07) is 14.6. The maximum atomic E-state index is 12.6. The fourth-order valence-electron chi connectivity index (χ4n) is 2.64. The van der Waals surface area contributed by atoms with Crippen LogP contribution in [0.1, 0.15) is 10.4 Å². The van der Waals surface area contributed by atoms with Gasteiger partial charge in [-0.05, 0) is 18.2 Å². The van der Waals surface area contributed by atoms with Crippen LogP contribution >= 0.6 is 0 Å². The van der Waals surface area contributed by atoms with Crippen LogP contribution in [0.5, 0.6) is 5.75 Å². The second kappa shape index (κ2) is 7.09. The summed E-state index contributed by atoms with van der Waals surface area (Å²) < 4.78 is 5.13. The van der Waals surface area contributed by atoms with Crippen LogP contribution in [-0.2, 0) is 4.79 Å². The first-order valence-electron chi connectivity index (χ1n) is 7.84. The normalized spacial score (nSPS) is 10.5. The lowest BCUT2D eigenvalue weighted by Crippen LogP contribution is -2.34. The number of rotatable bonds is 5.